The van der Waals surface area contributed by atoms with E-state index in [1.165, 1.54) is 42.7 Å². The average Bonchev–Trinajstić information content (AvgIpc) is 2.93. The lowest BCUT2D eigenvalue weighted by molar-refractivity contribution is 2.09. The van der Waals surface area contributed by atoms with Crippen LogP contribution in [0.5, 0.6) is 0 Å². The minimum Gasteiger partial charge on any atom is -0.150 e. The fourth-order valence-electron chi connectivity index (χ4n) is 2.50. The second-order valence-corrected chi connectivity index (χ2v) is 9.95. The Balaban J connectivity index is 2.43. The number of halogens is 1. The van der Waals surface area contributed by atoms with E-state index >= 15 is 0 Å². The van der Waals surface area contributed by atoms with Crippen LogP contribution in [0.25, 0.3) is 30.3 Å². The van der Waals surface area contributed by atoms with Crippen LogP contribution in [-0.4, -0.2) is 15.7 Å². The predicted molar refractivity (Wildman–Crippen MR) is 102 cm³/mol. The summed E-state index contributed by atoms with van der Waals surface area (Å²) in [7, 11) is 4.42. The summed E-state index contributed by atoms with van der Waals surface area (Å²) in [5.74, 6) is 0. The molecule has 0 fully saturated rings. The average molecular weight is 396 g/mol. The van der Waals surface area contributed by atoms with Gasteiger partial charge in [0, 0.05) is 30.3 Å². The third-order valence-electron chi connectivity index (χ3n) is 3.15. The number of hydrogen-bond donors (Lipinski definition) is 0. The van der Waals surface area contributed by atoms with Gasteiger partial charge in [-0.3, -0.25) is 0 Å². The predicted octanol–water partition coefficient (Wildman–Crippen LogP) is 2.45. The van der Waals surface area contributed by atoms with E-state index in [2.05, 4.69) is 56.5 Å². The molecule has 0 unspecified atom stereocenters. The summed E-state index contributed by atoms with van der Waals surface area (Å²) in [4.78, 5) is 0. The zero-order chi connectivity index (χ0) is 12.4. The highest BCUT2D eigenvalue weighted by Gasteiger charge is 2.14. The van der Waals surface area contributed by atoms with Crippen LogP contribution in [0.4, 0.5) is 0 Å². The van der Waals surface area contributed by atoms with Gasteiger partial charge in [0.1, 0.15) is 0 Å². The minimum atomic E-state index is 1.38. The van der Waals surface area contributed by atoms with Crippen molar-refractivity contribution in [2.24, 2.45) is 0 Å². The molecule has 0 atom stereocenters. The van der Waals surface area contributed by atoms with E-state index in [0.29, 0.717) is 0 Å². The zero-order valence-electron chi connectivity index (χ0n) is 9.83. The normalized spacial score (nSPS) is 12.1. The first-order chi connectivity index (χ1) is 8.63. The highest BCUT2D eigenvalue weighted by Crippen LogP contribution is 2.42. The van der Waals surface area contributed by atoms with Crippen molar-refractivity contribution < 1.29 is 0 Å². The first kappa shape index (κ1) is 11.8. The molecule has 0 saturated heterocycles. The number of benzene rings is 1. The lowest BCUT2D eigenvalue weighted by Gasteiger charge is -1.96. The van der Waals surface area contributed by atoms with Gasteiger partial charge in [-0.05, 0) is 50.3 Å². The van der Waals surface area contributed by atoms with Crippen molar-refractivity contribution in [2.75, 3.05) is 0 Å². The first-order valence-corrected chi connectivity index (χ1v) is 9.17. The molecule has 0 aliphatic heterocycles. The van der Waals surface area contributed by atoms with E-state index < -0.39 is 0 Å². The van der Waals surface area contributed by atoms with Gasteiger partial charge < -0.3 is 0 Å². The molecule has 4 aromatic rings. The van der Waals surface area contributed by atoms with Crippen molar-refractivity contribution in [2.45, 2.75) is 0 Å². The van der Waals surface area contributed by atoms with Gasteiger partial charge in [-0.25, -0.2) is 0 Å². The van der Waals surface area contributed by atoms with E-state index in [9.17, 15) is 0 Å². The van der Waals surface area contributed by atoms with E-state index in [4.69, 9.17) is 0 Å². The third-order valence-corrected chi connectivity index (χ3v) is 7.24. The van der Waals surface area contributed by atoms with Gasteiger partial charge >= 0.3 is 0 Å². The van der Waals surface area contributed by atoms with Crippen LogP contribution in [0, 0.1) is 2.88 Å². The fraction of sp³-hybridized carbons (Fsp3) is 0. The molecule has 0 saturated carbocycles. The summed E-state index contributed by atoms with van der Waals surface area (Å²) in [6.45, 7) is 0. The van der Waals surface area contributed by atoms with Gasteiger partial charge in [0.25, 0.3) is 0 Å². The highest BCUT2D eigenvalue weighted by molar-refractivity contribution is 14.1. The number of thiophene rings is 3. The molecule has 6 heteroatoms. The van der Waals surface area contributed by atoms with E-state index in [1.54, 1.807) is 0 Å². The lowest BCUT2D eigenvalue weighted by Crippen LogP contribution is -1.89. The molecule has 0 radical (unpaired) electrons. The molecule has 0 spiro atoms. The topological polar surface area (TPSA) is 0 Å². The highest BCUT2D eigenvalue weighted by atomic mass is 127. The molecule has 86 valence electrons. The van der Waals surface area contributed by atoms with Gasteiger partial charge in [0.2, 0.25) is 0 Å². The number of fused-ring (bicyclic) bond motifs is 6. The van der Waals surface area contributed by atoms with Crippen LogP contribution >= 0.6 is 56.6 Å². The van der Waals surface area contributed by atoms with Crippen molar-refractivity contribution in [3.05, 3.63) is 21.1 Å². The Morgan fingerprint density at radius 1 is 0.722 bits per heavy atom. The Morgan fingerprint density at radius 2 is 1.17 bits per heavy atom. The molecule has 3 aromatic heterocycles. The van der Waals surface area contributed by atoms with E-state index in [0.717, 1.165) is 0 Å². The molecule has 3 heterocycles. The Bertz CT molecular complexity index is 698. The molecule has 0 nitrogen and oxygen atoms in total. The fourth-order valence-corrected chi connectivity index (χ4v) is 6.66. The van der Waals surface area contributed by atoms with Gasteiger partial charge in [0.15, 0.2) is 15.7 Å². The molecular weight excluding hydrogens is 389 g/mol. The SMILES string of the molecule is Bc1cc2c(s1)c1cc(B)sc1c1cc(I)sc21. The van der Waals surface area contributed by atoms with Crippen LogP contribution < -0.4 is 9.55 Å². The lowest BCUT2D eigenvalue weighted by atomic mass is 10.0. The first-order valence-electron chi connectivity index (χ1n) is 5.65. The monoisotopic (exact) mass is 396 g/mol. The Labute approximate surface area is 132 Å². The van der Waals surface area contributed by atoms with E-state index in [-0.39, 0.29) is 0 Å². The zero-order valence-corrected chi connectivity index (χ0v) is 14.4. The van der Waals surface area contributed by atoms with Crippen LogP contribution in [-0.2, 0) is 0 Å². The van der Waals surface area contributed by atoms with Crippen molar-refractivity contribution >= 4 is 112 Å². The molecule has 4 rings (SSSR count). The number of hydrogen-bond acceptors (Lipinski definition) is 3. The molecule has 18 heavy (non-hydrogen) atoms. The van der Waals surface area contributed by atoms with Gasteiger partial charge in [-0.2, -0.15) is 22.7 Å². The summed E-state index contributed by atoms with van der Waals surface area (Å²) in [6.07, 6.45) is 0. The summed E-state index contributed by atoms with van der Waals surface area (Å²) >= 11 is 8.22. The van der Waals surface area contributed by atoms with Crippen LogP contribution in [0.2, 0.25) is 0 Å². The summed E-state index contributed by atoms with van der Waals surface area (Å²) in [5, 5.41) is 4.35. The second kappa shape index (κ2) is 3.98. The molecule has 0 bridgehead atoms. The third kappa shape index (κ3) is 1.55. The summed E-state index contributed by atoms with van der Waals surface area (Å²) in [6, 6.07) is 7.04. The second-order valence-electron chi connectivity index (χ2n) is 4.49. The minimum absolute atomic E-state index is 1.38. The largest absolute Gasteiger partial charge is 0.152 e. The maximum Gasteiger partial charge on any atom is 0.152 e. The van der Waals surface area contributed by atoms with Crippen LogP contribution in [0.1, 0.15) is 0 Å². The van der Waals surface area contributed by atoms with Gasteiger partial charge in [-0.15, -0.1) is 11.3 Å². The molecule has 0 N–H and O–H groups in total. The smallest absolute Gasteiger partial charge is 0.150 e. The maximum absolute atomic E-state index is 2.44. The van der Waals surface area contributed by atoms with E-state index in [1.807, 2.05) is 34.0 Å². The van der Waals surface area contributed by atoms with Crippen molar-refractivity contribution in [3.63, 3.8) is 0 Å². The summed E-state index contributed by atoms with van der Waals surface area (Å²) < 4.78 is 8.60. The molecule has 0 aliphatic rings. The van der Waals surface area contributed by atoms with Crippen molar-refractivity contribution in [3.8, 4) is 0 Å². The van der Waals surface area contributed by atoms with Gasteiger partial charge in [0.05, 0.1) is 2.88 Å². The summed E-state index contributed by atoms with van der Waals surface area (Å²) in [5.41, 5.74) is 0. The van der Waals surface area contributed by atoms with Crippen molar-refractivity contribution in [1.82, 2.24) is 0 Å². The van der Waals surface area contributed by atoms with Gasteiger partial charge in [-0.1, -0.05) is 0 Å². The Hall–Kier alpha value is -0.0401. The van der Waals surface area contributed by atoms with Crippen LogP contribution in [0.3, 0.4) is 0 Å². The maximum atomic E-state index is 2.44. The Morgan fingerprint density at radius 3 is 1.72 bits per heavy atom. The molecular formula is C12H7B2IS3. The Kier molecular flexibility index (Phi) is 2.60. The molecule has 0 aliphatic carbocycles. The standard InChI is InChI=1S/C12H7B2IS3/c13-7-1-4-10-5(2-8(14)16-10)12-6(11(4)17-7)3-9(15)18-12/h1-3H,13-14H2. The quantitative estimate of drug-likeness (QED) is 0.317. The number of rotatable bonds is 0. The molecule has 1 aromatic carbocycles. The van der Waals surface area contributed by atoms with Crippen LogP contribution in [0.15, 0.2) is 18.2 Å². The van der Waals surface area contributed by atoms with Crippen molar-refractivity contribution in [1.29, 1.82) is 0 Å². The molecule has 0 amide bonds.